The maximum Gasteiger partial charge on any atom is 0.253 e. The van der Waals surface area contributed by atoms with E-state index in [0.717, 1.165) is 24.2 Å². The van der Waals surface area contributed by atoms with Crippen LogP contribution in [0, 0.1) is 5.92 Å². The standard InChI is InChI=1S/C26H31N3O5/c1-4-32-22-11-8-20(17-23(22)33-5-2)26(30)29-14-12-18(13-15-29)16-24-27-25(28-34-24)19-6-9-21(31-3)10-7-19/h6-11,17-18H,4-5,12-16H2,1-3H3. The van der Waals surface area contributed by atoms with Crippen molar-refractivity contribution < 1.29 is 23.5 Å². The average Bonchev–Trinajstić information content (AvgIpc) is 3.34. The summed E-state index contributed by atoms with van der Waals surface area (Å²) in [5, 5.41) is 4.12. The second-order valence-electron chi connectivity index (χ2n) is 8.21. The van der Waals surface area contributed by atoms with Crippen molar-refractivity contribution in [2.75, 3.05) is 33.4 Å². The zero-order chi connectivity index (χ0) is 23.9. The van der Waals surface area contributed by atoms with Crippen LogP contribution in [0.4, 0.5) is 0 Å². The molecule has 1 aliphatic heterocycles. The zero-order valence-electron chi connectivity index (χ0n) is 20.0. The Morgan fingerprint density at radius 3 is 2.41 bits per heavy atom. The molecule has 0 radical (unpaired) electrons. The Kier molecular flexibility index (Phi) is 7.67. The van der Waals surface area contributed by atoms with Crippen LogP contribution in [-0.2, 0) is 6.42 Å². The van der Waals surface area contributed by atoms with Gasteiger partial charge in [-0.25, -0.2) is 0 Å². The second-order valence-corrected chi connectivity index (χ2v) is 8.21. The van der Waals surface area contributed by atoms with Gasteiger partial charge in [-0.05, 0) is 75.1 Å². The van der Waals surface area contributed by atoms with E-state index < -0.39 is 0 Å². The van der Waals surface area contributed by atoms with E-state index in [1.54, 1.807) is 19.2 Å². The Labute approximate surface area is 199 Å². The van der Waals surface area contributed by atoms with Crippen molar-refractivity contribution >= 4 is 5.91 Å². The summed E-state index contributed by atoms with van der Waals surface area (Å²) in [6.07, 6.45) is 2.49. The normalized spacial score (nSPS) is 14.1. The monoisotopic (exact) mass is 465 g/mol. The minimum absolute atomic E-state index is 0.0158. The van der Waals surface area contributed by atoms with Gasteiger partial charge in [0.05, 0.1) is 20.3 Å². The van der Waals surface area contributed by atoms with Crippen molar-refractivity contribution in [3.8, 4) is 28.6 Å². The summed E-state index contributed by atoms with van der Waals surface area (Å²) in [6, 6.07) is 13.0. The maximum absolute atomic E-state index is 13.1. The van der Waals surface area contributed by atoms with Crippen molar-refractivity contribution in [3.05, 3.63) is 53.9 Å². The highest BCUT2D eigenvalue weighted by atomic mass is 16.5. The van der Waals surface area contributed by atoms with Crippen LogP contribution in [0.3, 0.4) is 0 Å². The van der Waals surface area contributed by atoms with Gasteiger partial charge in [0, 0.05) is 30.6 Å². The van der Waals surface area contributed by atoms with Crippen LogP contribution in [0.15, 0.2) is 47.0 Å². The fourth-order valence-corrected chi connectivity index (χ4v) is 4.15. The van der Waals surface area contributed by atoms with Crippen LogP contribution in [0.5, 0.6) is 17.2 Å². The van der Waals surface area contributed by atoms with Gasteiger partial charge < -0.3 is 23.6 Å². The Morgan fingerprint density at radius 2 is 1.74 bits per heavy atom. The van der Waals surface area contributed by atoms with E-state index in [1.165, 1.54) is 0 Å². The van der Waals surface area contributed by atoms with Gasteiger partial charge in [0.1, 0.15) is 5.75 Å². The molecule has 180 valence electrons. The molecule has 34 heavy (non-hydrogen) atoms. The lowest BCUT2D eigenvalue weighted by atomic mass is 9.93. The van der Waals surface area contributed by atoms with E-state index in [1.807, 2.05) is 49.1 Å². The summed E-state index contributed by atoms with van der Waals surface area (Å²) in [6.45, 7) is 6.28. The fourth-order valence-electron chi connectivity index (χ4n) is 4.15. The Morgan fingerprint density at radius 1 is 1.03 bits per heavy atom. The van der Waals surface area contributed by atoms with Crippen molar-refractivity contribution in [1.29, 1.82) is 0 Å². The topological polar surface area (TPSA) is 86.9 Å². The predicted octanol–water partition coefficient (Wildman–Crippen LogP) is 4.64. The molecule has 1 saturated heterocycles. The van der Waals surface area contributed by atoms with Gasteiger partial charge in [-0.15, -0.1) is 0 Å². The highest BCUT2D eigenvalue weighted by molar-refractivity contribution is 5.95. The van der Waals surface area contributed by atoms with Crippen LogP contribution < -0.4 is 14.2 Å². The molecular weight excluding hydrogens is 434 g/mol. The van der Waals surface area contributed by atoms with Gasteiger partial charge in [-0.1, -0.05) is 5.16 Å². The average molecular weight is 466 g/mol. The smallest absolute Gasteiger partial charge is 0.253 e. The first-order valence-corrected chi connectivity index (χ1v) is 11.8. The molecule has 0 spiro atoms. The lowest BCUT2D eigenvalue weighted by molar-refractivity contribution is 0.0687. The lowest BCUT2D eigenvalue weighted by Crippen LogP contribution is -2.38. The number of rotatable bonds is 9. The van der Waals surface area contributed by atoms with Gasteiger partial charge in [0.15, 0.2) is 11.5 Å². The van der Waals surface area contributed by atoms with Crippen LogP contribution in [0.1, 0.15) is 42.9 Å². The Bertz CT molecular complexity index is 1090. The van der Waals surface area contributed by atoms with Crippen molar-refractivity contribution in [3.63, 3.8) is 0 Å². The number of aromatic nitrogens is 2. The molecule has 1 aromatic heterocycles. The number of ether oxygens (including phenoxy) is 3. The van der Waals surface area contributed by atoms with Gasteiger partial charge in [-0.3, -0.25) is 4.79 Å². The molecule has 0 saturated carbocycles. The summed E-state index contributed by atoms with van der Waals surface area (Å²) < 4.78 is 22.0. The number of amides is 1. The minimum atomic E-state index is 0.0158. The number of carbonyl (C=O) groups is 1. The number of methoxy groups -OCH3 is 1. The molecule has 0 unspecified atom stereocenters. The number of hydrogen-bond acceptors (Lipinski definition) is 7. The molecule has 1 aliphatic rings. The molecule has 1 fully saturated rings. The highest BCUT2D eigenvalue weighted by Crippen LogP contribution is 2.30. The number of piperidine rings is 1. The third kappa shape index (κ3) is 5.50. The molecule has 0 atom stereocenters. The molecule has 8 heteroatoms. The molecule has 0 N–H and O–H groups in total. The lowest BCUT2D eigenvalue weighted by Gasteiger charge is -2.31. The number of likely N-dealkylation sites (tertiary alicyclic amines) is 1. The Balaban J connectivity index is 1.33. The molecule has 1 amide bonds. The summed E-state index contributed by atoms with van der Waals surface area (Å²) in [5.74, 6) is 3.67. The van der Waals surface area contributed by atoms with Gasteiger partial charge in [0.2, 0.25) is 11.7 Å². The molecule has 2 heterocycles. The SMILES string of the molecule is CCOc1ccc(C(=O)N2CCC(Cc3nc(-c4ccc(OC)cc4)no3)CC2)cc1OCC. The molecule has 8 nitrogen and oxygen atoms in total. The molecular formula is C26H31N3O5. The van der Waals surface area contributed by atoms with Gasteiger partial charge in [0.25, 0.3) is 5.91 Å². The maximum atomic E-state index is 13.1. The molecule has 0 aliphatic carbocycles. The van der Waals surface area contributed by atoms with Crippen molar-refractivity contribution in [2.45, 2.75) is 33.1 Å². The van der Waals surface area contributed by atoms with E-state index in [9.17, 15) is 4.79 Å². The quantitative estimate of drug-likeness (QED) is 0.455. The molecule has 3 aromatic rings. The number of hydrogen-bond donors (Lipinski definition) is 0. The summed E-state index contributed by atoms with van der Waals surface area (Å²) in [5.41, 5.74) is 1.50. The van der Waals surface area contributed by atoms with Gasteiger partial charge >= 0.3 is 0 Å². The van der Waals surface area contributed by atoms with Crippen LogP contribution >= 0.6 is 0 Å². The predicted molar refractivity (Wildman–Crippen MR) is 127 cm³/mol. The minimum Gasteiger partial charge on any atom is -0.497 e. The molecule has 4 rings (SSSR count). The molecule has 0 bridgehead atoms. The number of carbonyl (C=O) groups excluding carboxylic acids is 1. The first-order chi connectivity index (χ1) is 16.6. The number of nitrogens with zero attached hydrogens (tertiary/aromatic N) is 3. The third-order valence-corrected chi connectivity index (χ3v) is 5.97. The first-order valence-electron chi connectivity index (χ1n) is 11.8. The number of benzene rings is 2. The van der Waals surface area contributed by atoms with E-state index in [2.05, 4.69) is 10.1 Å². The summed E-state index contributed by atoms with van der Waals surface area (Å²) in [4.78, 5) is 19.5. The van der Waals surface area contributed by atoms with E-state index >= 15 is 0 Å². The Hall–Kier alpha value is -3.55. The van der Waals surface area contributed by atoms with E-state index in [-0.39, 0.29) is 5.91 Å². The first kappa shape index (κ1) is 23.6. The van der Waals surface area contributed by atoms with E-state index in [0.29, 0.717) is 67.4 Å². The highest BCUT2D eigenvalue weighted by Gasteiger charge is 2.26. The fraction of sp³-hybridized carbons (Fsp3) is 0.423. The molecule has 2 aromatic carbocycles. The van der Waals surface area contributed by atoms with Crippen LogP contribution in [-0.4, -0.2) is 54.4 Å². The second kappa shape index (κ2) is 11.0. The van der Waals surface area contributed by atoms with Crippen molar-refractivity contribution in [1.82, 2.24) is 15.0 Å². The third-order valence-electron chi connectivity index (χ3n) is 5.97. The summed E-state index contributed by atoms with van der Waals surface area (Å²) >= 11 is 0. The van der Waals surface area contributed by atoms with Crippen molar-refractivity contribution in [2.24, 2.45) is 5.92 Å². The van der Waals surface area contributed by atoms with E-state index in [4.69, 9.17) is 18.7 Å². The van der Waals surface area contributed by atoms with Crippen LogP contribution in [0.25, 0.3) is 11.4 Å². The summed E-state index contributed by atoms with van der Waals surface area (Å²) in [7, 11) is 1.64. The zero-order valence-corrected chi connectivity index (χ0v) is 20.0. The largest absolute Gasteiger partial charge is 0.497 e. The van der Waals surface area contributed by atoms with Gasteiger partial charge in [-0.2, -0.15) is 4.98 Å². The van der Waals surface area contributed by atoms with Crippen LogP contribution in [0.2, 0.25) is 0 Å².